The number of nitriles is 1. The molecule has 0 spiro atoms. The Balaban J connectivity index is 2.90. The number of hydrogen-bond acceptors (Lipinski definition) is 4. The standard InChI is InChI=1S/C11H14N2OS/c1-8-6-11(15-5-3-4-14)10(7-12)9(2)13-8/h6,14H,3-5H2,1-2H3. The zero-order valence-electron chi connectivity index (χ0n) is 8.95. The first-order chi connectivity index (χ1) is 7.19. The van der Waals surface area contributed by atoms with Crippen molar-refractivity contribution in [3.63, 3.8) is 0 Å². The number of rotatable bonds is 4. The van der Waals surface area contributed by atoms with E-state index in [1.807, 2.05) is 19.9 Å². The summed E-state index contributed by atoms with van der Waals surface area (Å²) in [5.41, 5.74) is 2.37. The molecule has 0 bridgehead atoms. The van der Waals surface area contributed by atoms with Gasteiger partial charge in [0.2, 0.25) is 0 Å². The minimum absolute atomic E-state index is 0.192. The second-order valence-corrected chi connectivity index (χ2v) is 4.40. The molecule has 0 aromatic carbocycles. The van der Waals surface area contributed by atoms with Gasteiger partial charge in [0.15, 0.2) is 0 Å². The maximum absolute atomic E-state index is 8.99. The maximum Gasteiger partial charge on any atom is 0.102 e. The lowest BCUT2D eigenvalue weighted by Gasteiger charge is -2.06. The van der Waals surface area contributed by atoms with E-state index < -0.39 is 0 Å². The molecule has 1 aromatic rings. The Bertz CT molecular complexity index is 385. The minimum Gasteiger partial charge on any atom is -0.396 e. The molecule has 1 heterocycles. The number of pyridine rings is 1. The van der Waals surface area contributed by atoms with Gasteiger partial charge in [-0.3, -0.25) is 4.98 Å². The summed E-state index contributed by atoms with van der Waals surface area (Å²) >= 11 is 1.60. The lowest BCUT2D eigenvalue weighted by Crippen LogP contribution is -1.95. The molecule has 4 heteroatoms. The van der Waals surface area contributed by atoms with Crippen molar-refractivity contribution >= 4 is 11.8 Å². The van der Waals surface area contributed by atoms with E-state index in [0.29, 0.717) is 5.56 Å². The molecular formula is C11H14N2OS. The molecule has 80 valence electrons. The lowest BCUT2D eigenvalue weighted by molar-refractivity contribution is 0.296. The van der Waals surface area contributed by atoms with Crippen LogP contribution >= 0.6 is 11.8 Å². The minimum atomic E-state index is 0.192. The van der Waals surface area contributed by atoms with Gasteiger partial charge in [-0.25, -0.2) is 0 Å². The molecule has 1 rings (SSSR count). The number of thioether (sulfide) groups is 1. The summed E-state index contributed by atoms with van der Waals surface area (Å²) in [6.45, 7) is 3.96. The highest BCUT2D eigenvalue weighted by molar-refractivity contribution is 7.99. The Morgan fingerprint density at radius 1 is 1.53 bits per heavy atom. The first-order valence-corrected chi connectivity index (χ1v) is 5.79. The summed E-state index contributed by atoms with van der Waals surface area (Å²) in [5.74, 6) is 0.827. The molecule has 0 radical (unpaired) electrons. The lowest BCUT2D eigenvalue weighted by atomic mass is 10.2. The molecule has 0 aliphatic heterocycles. The summed E-state index contributed by atoms with van der Waals surface area (Å²) in [6.07, 6.45) is 0.746. The van der Waals surface area contributed by atoms with Crippen molar-refractivity contribution in [2.24, 2.45) is 0 Å². The van der Waals surface area contributed by atoms with Crippen molar-refractivity contribution in [3.8, 4) is 6.07 Å². The molecule has 0 atom stereocenters. The van der Waals surface area contributed by atoms with Gasteiger partial charge >= 0.3 is 0 Å². The van der Waals surface area contributed by atoms with Gasteiger partial charge < -0.3 is 5.11 Å². The van der Waals surface area contributed by atoms with Crippen LogP contribution in [0.2, 0.25) is 0 Å². The fourth-order valence-electron chi connectivity index (χ4n) is 1.29. The second kappa shape index (κ2) is 5.74. The average molecular weight is 222 g/mol. The third-order valence-electron chi connectivity index (χ3n) is 1.96. The number of aliphatic hydroxyl groups excluding tert-OH is 1. The molecule has 3 nitrogen and oxygen atoms in total. The molecule has 0 saturated carbocycles. The monoisotopic (exact) mass is 222 g/mol. The number of aromatic nitrogens is 1. The van der Waals surface area contributed by atoms with Crippen LogP contribution in [0.1, 0.15) is 23.4 Å². The predicted molar refractivity (Wildman–Crippen MR) is 60.9 cm³/mol. The molecule has 1 N–H and O–H groups in total. The van der Waals surface area contributed by atoms with Crippen LogP contribution in [0.15, 0.2) is 11.0 Å². The van der Waals surface area contributed by atoms with Gasteiger partial charge in [-0.05, 0) is 26.3 Å². The van der Waals surface area contributed by atoms with E-state index in [9.17, 15) is 0 Å². The molecule has 0 amide bonds. The number of aliphatic hydroxyl groups is 1. The molecule has 15 heavy (non-hydrogen) atoms. The Morgan fingerprint density at radius 2 is 2.27 bits per heavy atom. The molecule has 0 unspecified atom stereocenters. The van der Waals surface area contributed by atoms with Crippen LogP contribution in [0.4, 0.5) is 0 Å². The van der Waals surface area contributed by atoms with Crippen molar-refractivity contribution in [1.82, 2.24) is 4.98 Å². The Morgan fingerprint density at radius 3 is 2.87 bits per heavy atom. The third-order valence-corrected chi connectivity index (χ3v) is 3.09. The van der Waals surface area contributed by atoms with Crippen LogP contribution in [0.25, 0.3) is 0 Å². The van der Waals surface area contributed by atoms with Crippen LogP contribution in [0.5, 0.6) is 0 Å². The van der Waals surface area contributed by atoms with Crippen molar-refractivity contribution < 1.29 is 5.11 Å². The van der Waals surface area contributed by atoms with E-state index in [-0.39, 0.29) is 6.61 Å². The SMILES string of the molecule is Cc1cc(SCCCO)c(C#N)c(C)n1. The highest BCUT2D eigenvalue weighted by Gasteiger charge is 2.07. The molecule has 0 aliphatic carbocycles. The van der Waals surface area contributed by atoms with Crippen LogP contribution in [-0.2, 0) is 0 Å². The quantitative estimate of drug-likeness (QED) is 0.625. The number of nitrogens with zero attached hydrogens (tertiary/aromatic N) is 2. The van der Waals surface area contributed by atoms with Gasteiger partial charge in [-0.2, -0.15) is 5.26 Å². The Kier molecular flexibility index (Phi) is 4.60. The second-order valence-electron chi connectivity index (χ2n) is 3.26. The van der Waals surface area contributed by atoms with Gasteiger partial charge in [-0.15, -0.1) is 11.8 Å². The van der Waals surface area contributed by atoms with Crippen molar-refractivity contribution in [1.29, 1.82) is 5.26 Å². The van der Waals surface area contributed by atoms with Gasteiger partial charge in [0.05, 0.1) is 11.3 Å². The van der Waals surface area contributed by atoms with Crippen molar-refractivity contribution in [2.45, 2.75) is 25.2 Å². The average Bonchev–Trinajstić information content (AvgIpc) is 2.17. The fourth-order valence-corrected chi connectivity index (χ4v) is 2.37. The van der Waals surface area contributed by atoms with Gasteiger partial charge in [-0.1, -0.05) is 0 Å². The highest BCUT2D eigenvalue weighted by Crippen LogP contribution is 2.25. The smallest absolute Gasteiger partial charge is 0.102 e. The summed E-state index contributed by atoms with van der Waals surface area (Å²) in [4.78, 5) is 5.22. The van der Waals surface area contributed by atoms with E-state index in [4.69, 9.17) is 10.4 Å². The van der Waals surface area contributed by atoms with Crippen LogP contribution in [0, 0.1) is 25.2 Å². The Hall–Kier alpha value is -1.05. The van der Waals surface area contributed by atoms with E-state index >= 15 is 0 Å². The first kappa shape index (κ1) is 12.0. The molecule has 0 aliphatic rings. The van der Waals surface area contributed by atoms with Crippen molar-refractivity contribution in [2.75, 3.05) is 12.4 Å². The molecular weight excluding hydrogens is 208 g/mol. The fraction of sp³-hybridized carbons (Fsp3) is 0.455. The summed E-state index contributed by atoms with van der Waals surface area (Å²) < 4.78 is 0. The van der Waals surface area contributed by atoms with E-state index in [1.165, 1.54) is 0 Å². The highest BCUT2D eigenvalue weighted by atomic mass is 32.2. The van der Waals surface area contributed by atoms with Crippen LogP contribution in [0.3, 0.4) is 0 Å². The zero-order valence-corrected chi connectivity index (χ0v) is 9.77. The van der Waals surface area contributed by atoms with Gasteiger partial charge in [0.1, 0.15) is 6.07 Å². The topological polar surface area (TPSA) is 56.9 Å². The molecule has 0 saturated heterocycles. The van der Waals surface area contributed by atoms with Gasteiger partial charge in [0, 0.05) is 22.9 Å². The van der Waals surface area contributed by atoms with E-state index in [1.54, 1.807) is 11.8 Å². The van der Waals surface area contributed by atoms with Gasteiger partial charge in [0.25, 0.3) is 0 Å². The summed E-state index contributed by atoms with van der Waals surface area (Å²) in [6, 6.07) is 4.10. The normalized spacial score (nSPS) is 10.0. The van der Waals surface area contributed by atoms with E-state index in [0.717, 1.165) is 28.5 Å². The third kappa shape index (κ3) is 3.22. The predicted octanol–water partition coefficient (Wildman–Crippen LogP) is 2.04. The molecule has 1 aromatic heterocycles. The van der Waals surface area contributed by atoms with E-state index in [2.05, 4.69) is 11.1 Å². The number of aryl methyl sites for hydroxylation is 2. The Labute approximate surface area is 94.2 Å². The molecule has 0 fully saturated rings. The summed E-state index contributed by atoms with van der Waals surface area (Å²) in [5, 5.41) is 17.7. The number of hydrogen-bond donors (Lipinski definition) is 1. The largest absolute Gasteiger partial charge is 0.396 e. The van der Waals surface area contributed by atoms with Crippen LogP contribution in [-0.4, -0.2) is 22.5 Å². The summed E-state index contributed by atoms with van der Waals surface area (Å²) in [7, 11) is 0. The van der Waals surface area contributed by atoms with Crippen LogP contribution < -0.4 is 0 Å². The first-order valence-electron chi connectivity index (χ1n) is 4.81. The maximum atomic E-state index is 8.99. The van der Waals surface area contributed by atoms with Crippen molar-refractivity contribution in [3.05, 3.63) is 23.0 Å². The zero-order chi connectivity index (χ0) is 11.3.